The number of nitrogens with one attached hydrogen (secondary N) is 2. The first-order valence-electron chi connectivity index (χ1n) is 9.63. The first-order chi connectivity index (χ1) is 13.9. The van der Waals surface area contributed by atoms with Gasteiger partial charge in [0.05, 0.1) is 11.9 Å². The third-order valence-electron chi connectivity index (χ3n) is 4.94. The third kappa shape index (κ3) is 5.99. The second-order valence-corrected chi connectivity index (χ2v) is 7.20. The van der Waals surface area contributed by atoms with E-state index >= 15 is 0 Å². The summed E-state index contributed by atoms with van der Waals surface area (Å²) in [7, 11) is 0. The molecule has 2 N–H and O–H groups in total. The summed E-state index contributed by atoms with van der Waals surface area (Å²) in [5.74, 6) is -0.257. The molecule has 0 aliphatic carbocycles. The molecule has 0 saturated carbocycles. The molecule has 0 spiro atoms. The molecule has 2 heterocycles. The van der Waals surface area contributed by atoms with Crippen LogP contribution in [-0.4, -0.2) is 52.9 Å². The Morgan fingerprint density at radius 1 is 1.14 bits per heavy atom. The van der Waals surface area contributed by atoms with Gasteiger partial charge in [-0.2, -0.15) is 0 Å². The number of amides is 3. The Hall–Kier alpha value is -3.00. The van der Waals surface area contributed by atoms with Crippen LogP contribution in [0, 0.1) is 12.7 Å². The number of urea groups is 1. The van der Waals surface area contributed by atoms with Crippen molar-refractivity contribution in [2.24, 2.45) is 0 Å². The van der Waals surface area contributed by atoms with Gasteiger partial charge in [-0.15, -0.1) is 0 Å². The SMILES string of the molecule is CC(=O)N1CCN(Cc2ccc(F)c(CNC(=O)Nc3ccc(C)nc3)c2)CC1. The van der Waals surface area contributed by atoms with Gasteiger partial charge in [0.2, 0.25) is 5.91 Å². The quantitative estimate of drug-likeness (QED) is 0.810. The van der Waals surface area contributed by atoms with Crippen molar-refractivity contribution in [1.82, 2.24) is 20.1 Å². The molecule has 0 radical (unpaired) electrons. The molecule has 0 atom stereocenters. The number of carbonyl (C=O) groups excluding carboxylic acids is 2. The highest BCUT2D eigenvalue weighted by Gasteiger charge is 2.18. The van der Waals surface area contributed by atoms with Crippen LogP contribution in [0.1, 0.15) is 23.7 Å². The summed E-state index contributed by atoms with van der Waals surface area (Å²) < 4.78 is 14.2. The van der Waals surface area contributed by atoms with Crippen molar-refractivity contribution in [2.75, 3.05) is 31.5 Å². The summed E-state index contributed by atoms with van der Waals surface area (Å²) in [6, 6.07) is 8.11. The summed E-state index contributed by atoms with van der Waals surface area (Å²) in [6.07, 6.45) is 1.57. The lowest BCUT2D eigenvalue weighted by atomic mass is 10.1. The number of rotatable bonds is 5. The van der Waals surface area contributed by atoms with Gasteiger partial charge < -0.3 is 15.5 Å². The number of aromatic nitrogens is 1. The smallest absolute Gasteiger partial charge is 0.319 e. The summed E-state index contributed by atoms with van der Waals surface area (Å²) in [5, 5.41) is 5.35. The van der Waals surface area contributed by atoms with Gasteiger partial charge in [-0.25, -0.2) is 9.18 Å². The standard InChI is InChI=1S/C21H26FN5O2/c1-15-3-5-19(13-23-15)25-21(29)24-12-18-11-17(4-6-20(18)22)14-26-7-9-27(10-8-26)16(2)28/h3-6,11,13H,7-10,12,14H2,1-2H3,(H2,24,25,29). The van der Waals surface area contributed by atoms with Crippen molar-refractivity contribution in [1.29, 1.82) is 0 Å². The molecule has 1 aromatic carbocycles. The van der Waals surface area contributed by atoms with Crippen LogP contribution in [0.15, 0.2) is 36.5 Å². The number of carbonyl (C=O) groups is 2. The zero-order chi connectivity index (χ0) is 20.8. The number of anilines is 1. The van der Waals surface area contributed by atoms with Gasteiger partial charge in [0.15, 0.2) is 0 Å². The maximum Gasteiger partial charge on any atom is 0.319 e. The predicted molar refractivity (Wildman–Crippen MR) is 109 cm³/mol. The lowest BCUT2D eigenvalue weighted by molar-refractivity contribution is -0.130. The predicted octanol–water partition coefficient (Wildman–Crippen LogP) is 2.51. The van der Waals surface area contributed by atoms with Crippen LogP contribution < -0.4 is 10.6 Å². The molecule has 0 unspecified atom stereocenters. The number of benzene rings is 1. The number of pyridine rings is 1. The Morgan fingerprint density at radius 2 is 1.90 bits per heavy atom. The van der Waals surface area contributed by atoms with E-state index in [4.69, 9.17) is 0 Å². The Morgan fingerprint density at radius 3 is 2.55 bits per heavy atom. The van der Waals surface area contributed by atoms with E-state index in [1.54, 1.807) is 37.4 Å². The summed E-state index contributed by atoms with van der Waals surface area (Å²) in [5.41, 5.74) is 2.84. The monoisotopic (exact) mass is 399 g/mol. The van der Waals surface area contributed by atoms with Crippen molar-refractivity contribution in [3.05, 3.63) is 59.2 Å². The van der Waals surface area contributed by atoms with E-state index in [-0.39, 0.29) is 18.3 Å². The molecule has 1 aliphatic rings. The molecule has 3 rings (SSSR count). The second-order valence-electron chi connectivity index (χ2n) is 7.20. The molecule has 1 aliphatic heterocycles. The first kappa shape index (κ1) is 20.7. The topological polar surface area (TPSA) is 77.6 Å². The molecular weight excluding hydrogens is 373 g/mol. The minimum absolute atomic E-state index is 0.0862. The molecule has 2 aromatic rings. The number of aryl methyl sites for hydroxylation is 1. The molecule has 0 bridgehead atoms. The maximum atomic E-state index is 14.2. The van der Waals surface area contributed by atoms with Gasteiger partial charge in [-0.05, 0) is 36.8 Å². The highest BCUT2D eigenvalue weighted by Crippen LogP contribution is 2.14. The fourth-order valence-corrected chi connectivity index (χ4v) is 3.23. The minimum atomic E-state index is -0.416. The molecule has 3 amide bonds. The summed E-state index contributed by atoms with van der Waals surface area (Å²) in [4.78, 5) is 31.7. The van der Waals surface area contributed by atoms with Crippen LogP contribution in [0.5, 0.6) is 0 Å². The molecule has 7 nitrogen and oxygen atoms in total. The minimum Gasteiger partial charge on any atom is -0.340 e. The normalized spacial score (nSPS) is 14.5. The van der Waals surface area contributed by atoms with Crippen LogP contribution in [-0.2, 0) is 17.9 Å². The van der Waals surface area contributed by atoms with Gasteiger partial charge in [0.25, 0.3) is 0 Å². The fraction of sp³-hybridized carbons (Fsp3) is 0.381. The van der Waals surface area contributed by atoms with E-state index in [1.165, 1.54) is 6.07 Å². The molecular formula is C21H26FN5O2. The number of hydrogen-bond acceptors (Lipinski definition) is 4. The van der Waals surface area contributed by atoms with Crippen molar-refractivity contribution in [3.63, 3.8) is 0 Å². The molecule has 8 heteroatoms. The summed E-state index contributed by atoms with van der Waals surface area (Å²) >= 11 is 0. The fourth-order valence-electron chi connectivity index (χ4n) is 3.23. The Bertz CT molecular complexity index is 864. The number of nitrogens with zero attached hydrogens (tertiary/aromatic N) is 3. The zero-order valence-corrected chi connectivity index (χ0v) is 16.7. The Balaban J connectivity index is 1.53. The molecule has 29 heavy (non-hydrogen) atoms. The van der Waals surface area contributed by atoms with E-state index in [1.807, 2.05) is 11.8 Å². The molecule has 1 saturated heterocycles. The number of halogens is 1. The Labute approximate surface area is 169 Å². The van der Waals surface area contributed by atoms with Crippen LogP contribution in [0.25, 0.3) is 0 Å². The van der Waals surface area contributed by atoms with Crippen LogP contribution in [0.4, 0.5) is 14.9 Å². The number of hydrogen-bond donors (Lipinski definition) is 2. The first-order valence-corrected chi connectivity index (χ1v) is 9.63. The van der Waals surface area contributed by atoms with Crippen molar-refractivity contribution in [3.8, 4) is 0 Å². The van der Waals surface area contributed by atoms with E-state index in [0.717, 1.165) is 24.3 Å². The van der Waals surface area contributed by atoms with Gasteiger partial charge in [-0.1, -0.05) is 6.07 Å². The molecule has 1 aromatic heterocycles. The van der Waals surface area contributed by atoms with Gasteiger partial charge >= 0.3 is 6.03 Å². The van der Waals surface area contributed by atoms with E-state index in [0.29, 0.717) is 30.9 Å². The van der Waals surface area contributed by atoms with E-state index in [2.05, 4.69) is 20.5 Å². The van der Waals surface area contributed by atoms with Gasteiger partial charge in [0, 0.05) is 57.4 Å². The van der Waals surface area contributed by atoms with Crippen molar-refractivity contribution in [2.45, 2.75) is 26.9 Å². The highest BCUT2D eigenvalue weighted by molar-refractivity contribution is 5.88. The van der Waals surface area contributed by atoms with E-state index in [9.17, 15) is 14.0 Å². The van der Waals surface area contributed by atoms with Crippen LogP contribution in [0.2, 0.25) is 0 Å². The Kier molecular flexibility index (Phi) is 6.77. The van der Waals surface area contributed by atoms with Gasteiger partial charge in [-0.3, -0.25) is 14.7 Å². The third-order valence-corrected chi connectivity index (χ3v) is 4.94. The summed E-state index contributed by atoms with van der Waals surface area (Å²) in [6.45, 7) is 7.21. The largest absolute Gasteiger partial charge is 0.340 e. The van der Waals surface area contributed by atoms with Crippen LogP contribution in [0.3, 0.4) is 0 Å². The van der Waals surface area contributed by atoms with Crippen molar-refractivity contribution >= 4 is 17.6 Å². The molecule has 1 fully saturated rings. The molecule has 154 valence electrons. The average molecular weight is 399 g/mol. The van der Waals surface area contributed by atoms with E-state index < -0.39 is 6.03 Å². The van der Waals surface area contributed by atoms with Crippen LogP contribution >= 0.6 is 0 Å². The lowest BCUT2D eigenvalue weighted by Gasteiger charge is -2.34. The second kappa shape index (κ2) is 9.47. The maximum absolute atomic E-state index is 14.2. The lowest BCUT2D eigenvalue weighted by Crippen LogP contribution is -2.47. The van der Waals surface area contributed by atoms with Gasteiger partial charge in [0.1, 0.15) is 5.82 Å². The average Bonchev–Trinajstić information content (AvgIpc) is 2.70. The van der Waals surface area contributed by atoms with Crippen molar-refractivity contribution < 1.29 is 14.0 Å². The highest BCUT2D eigenvalue weighted by atomic mass is 19.1. The zero-order valence-electron chi connectivity index (χ0n) is 16.7. The number of piperazine rings is 1.